The van der Waals surface area contributed by atoms with E-state index >= 15 is 0 Å². The van der Waals surface area contributed by atoms with Crippen LogP contribution in [-0.2, 0) is 14.4 Å². The Morgan fingerprint density at radius 1 is 1.17 bits per heavy atom. The molecule has 0 spiro atoms. The van der Waals surface area contributed by atoms with E-state index in [0.717, 1.165) is 38.9 Å². The molecule has 6 atom stereocenters. The van der Waals surface area contributed by atoms with E-state index in [1.54, 1.807) is 19.1 Å². The van der Waals surface area contributed by atoms with Crippen LogP contribution in [0.3, 0.4) is 0 Å². The van der Waals surface area contributed by atoms with Crippen LogP contribution in [0.1, 0.15) is 50.2 Å². The summed E-state index contributed by atoms with van der Waals surface area (Å²) in [6.07, 6.45) is 1.18. The van der Waals surface area contributed by atoms with Crippen LogP contribution in [0.25, 0.3) is 5.76 Å². The summed E-state index contributed by atoms with van der Waals surface area (Å²) in [5.41, 5.74) is 1.93. The number of phenolic OH excluding ortho intramolecular Hbond substituents is 1. The van der Waals surface area contributed by atoms with Crippen molar-refractivity contribution in [2.45, 2.75) is 62.8 Å². The van der Waals surface area contributed by atoms with E-state index in [2.05, 4.69) is 17.1 Å². The number of nitrogens with two attached hydrogens (primary N) is 1. The molecule has 0 radical (unpaired) electrons. The lowest BCUT2D eigenvalue weighted by Crippen LogP contribution is -2.70. The van der Waals surface area contributed by atoms with Gasteiger partial charge in [-0.15, -0.1) is 0 Å². The van der Waals surface area contributed by atoms with Crippen molar-refractivity contribution in [1.82, 2.24) is 9.80 Å². The second-order valence-electron chi connectivity index (χ2n) is 12.2. The van der Waals surface area contributed by atoms with E-state index < -0.39 is 75.6 Å². The number of nitrogens with zero attached hydrogens (tertiary/aromatic N) is 2. The quantitative estimate of drug-likeness (QED) is 0.184. The van der Waals surface area contributed by atoms with Crippen molar-refractivity contribution < 1.29 is 39.9 Å². The Kier molecular flexibility index (Phi) is 7.63. The third kappa shape index (κ3) is 4.23. The average Bonchev–Trinajstić information content (AvgIpc) is 2.92. The average molecular weight is 585 g/mol. The molecule has 8 N–H and O–H groups in total. The Hall–Kier alpha value is -3.45. The van der Waals surface area contributed by atoms with Crippen LogP contribution in [0.15, 0.2) is 29.0 Å². The zero-order valence-corrected chi connectivity index (χ0v) is 24.3. The molecule has 12 nitrogen and oxygen atoms in total. The second kappa shape index (κ2) is 10.7. The maximum absolute atomic E-state index is 14.1. The van der Waals surface area contributed by atoms with Crippen molar-refractivity contribution in [2.24, 2.45) is 17.6 Å². The monoisotopic (exact) mass is 584 g/mol. The Labute approximate surface area is 244 Å². The molecule has 42 heavy (non-hydrogen) atoms. The van der Waals surface area contributed by atoms with Crippen molar-refractivity contribution in [1.29, 1.82) is 0 Å². The molecule has 1 aromatic carbocycles. The number of hydrogen-bond acceptors (Lipinski definition) is 11. The number of aromatic hydroxyl groups is 1. The first kappa shape index (κ1) is 30.0. The molecule has 1 heterocycles. The van der Waals surface area contributed by atoms with Gasteiger partial charge in [-0.1, -0.05) is 19.9 Å². The summed E-state index contributed by atoms with van der Waals surface area (Å²) in [7, 11) is 2.95. The van der Waals surface area contributed by atoms with Crippen molar-refractivity contribution in [2.75, 3.05) is 39.0 Å². The fourth-order valence-electron chi connectivity index (χ4n) is 7.57. The number of anilines is 1. The van der Waals surface area contributed by atoms with Crippen LogP contribution in [0.2, 0.25) is 0 Å². The molecular formula is C30H40N4O8. The number of aliphatic hydroxyl groups excluding tert-OH is 3. The predicted octanol–water partition coefficient (Wildman–Crippen LogP) is 0.782. The Balaban J connectivity index is 1.60. The fraction of sp³-hybridized carbons (Fsp3) is 0.567. The number of fused-ring (bicyclic) bond motifs is 3. The molecule has 1 saturated heterocycles. The molecule has 1 aromatic rings. The molecule has 0 aromatic heterocycles. The maximum Gasteiger partial charge on any atom is 0.255 e. The first-order chi connectivity index (χ1) is 19.8. The summed E-state index contributed by atoms with van der Waals surface area (Å²) in [4.78, 5) is 43.3. The van der Waals surface area contributed by atoms with Gasteiger partial charge in [0, 0.05) is 30.6 Å². The van der Waals surface area contributed by atoms with E-state index in [-0.39, 0.29) is 17.4 Å². The van der Waals surface area contributed by atoms with Crippen LogP contribution in [0, 0.1) is 11.8 Å². The SMILES string of the molecule is CCCN1CCC(Nc2ccc3c(c2O)C(O)=C2C(=O)[C@]4(O)C(O)=C(C(N)=O)C(=O)[C@@H](N(C)C)[C@@H]4[C@@H](O)[C@@H]2[C@H]3C)CC1. The highest BCUT2D eigenvalue weighted by atomic mass is 16.4. The molecule has 1 aliphatic heterocycles. The van der Waals surface area contributed by atoms with Gasteiger partial charge < -0.3 is 41.5 Å². The molecule has 0 unspecified atom stereocenters. The summed E-state index contributed by atoms with van der Waals surface area (Å²) >= 11 is 0. The third-order valence-corrected chi connectivity index (χ3v) is 9.62. The summed E-state index contributed by atoms with van der Waals surface area (Å²) in [5.74, 6) is -8.92. The minimum atomic E-state index is -2.93. The molecule has 228 valence electrons. The van der Waals surface area contributed by atoms with E-state index in [0.29, 0.717) is 11.3 Å². The summed E-state index contributed by atoms with van der Waals surface area (Å²) in [6.45, 7) is 6.71. The fourth-order valence-corrected chi connectivity index (χ4v) is 7.57. The van der Waals surface area contributed by atoms with Crippen LogP contribution in [-0.4, -0.2) is 110 Å². The van der Waals surface area contributed by atoms with E-state index in [1.165, 1.54) is 19.0 Å². The van der Waals surface area contributed by atoms with Gasteiger partial charge in [-0.2, -0.15) is 0 Å². The number of benzene rings is 1. The minimum absolute atomic E-state index is 0.0144. The number of phenols is 1. The minimum Gasteiger partial charge on any atom is -0.508 e. The van der Waals surface area contributed by atoms with Gasteiger partial charge in [0.05, 0.1) is 29.3 Å². The van der Waals surface area contributed by atoms with Crippen molar-refractivity contribution >= 4 is 28.9 Å². The van der Waals surface area contributed by atoms with Crippen LogP contribution in [0.5, 0.6) is 5.75 Å². The zero-order chi connectivity index (χ0) is 30.8. The van der Waals surface area contributed by atoms with Crippen molar-refractivity contribution in [3.8, 4) is 5.75 Å². The Morgan fingerprint density at radius 3 is 2.38 bits per heavy atom. The number of piperidine rings is 1. The van der Waals surface area contributed by atoms with Gasteiger partial charge >= 0.3 is 0 Å². The molecule has 5 rings (SSSR count). The number of rotatable bonds is 6. The number of nitrogens with one attached hydrogen (secondary N) is 1. The largest absolute Gasteiger partial charge is 0.508 e. The molecule has 1 saturated carbocycles. The van der Waals surface area contributed by atoms with Gasteiger partial charge in [-0.05, 0) is 57.5 Å². The van der Waals surface area contributed by atoms with Crippen molar-refractivity contribution in [3.63, 3.8) is 0 Å². The molecule has 2 fully saturated rings. The summed E-state index contributed by atoms with van der Waals surface area (Å²) in [5, 5.41) is 60.8. The highest BCUT2D eigenvalue weighted by Gasteiger charge is 2.68. The number of carbonyl (C=O) groups excluding carboxylic acids is 3. The number of Topliss-reactive ketones (excluding diaryl/α,β-unsaturated/α-hetero) is 2. The van der Waals surface area contributed by atoms with Gasteiger partial charge in [-0.25, -0.2) is 0 Å². The number of hydrogen-bond donors (Lipinski definition) is 7. The van der Waals surface area contributed by atoms with Crippen LogP contribution in [0.4, 0.5) is 5.69 Å². The molecular weight excluding hydrogens is 544 g/mol. The number of amides is 1. The molecule has 12 heteroatoms. The summed E-state index contributed by atoms with van der Waals surface area (Å²) in [6, 6.07) is 2.13. The zero-order valence-electron chi connectivity index (χ0n) is 24.3. The first-order valence-electron chi connectivity index (χ1n) is 14.4. The number of carbonyl (C=O) groups is 3. The molecule has 0 bridgehead atoms. The lowest BCUT2D eigenvalue weighted by molar-refractivity contribution is -0.169. The third-order valence-electron chi connectivity index (χ3n) is 9.62. The number of ketones is 2. The highest BCUT2D eigenvalue weighted by Crippen LogP contribution is 2.56. The van der Waals surface area contributed by atoms with Gasteiger partial charge in [0.15, 0.2) is 11.4 Å². The van der Waals surface area contributed by atoms with Crippen LogP contribution < -0.4 is 11.1 Å². The molecule has 4 aliphatic rings. The highest BCUT2D eigenvalue weighted by molar-refractivity contribution is 6.24. The lowest BCUT2D eigenvalue weighted by Gasteiger charge is -2.53. The van der Waals surface area contributed by atoms with Gasteiger partial charge in [0.2, 0.25) is 5.78 Å². The molecule has 1 amide bonds. The van der Waals surface area contributed by atoms with E-state index in [1.807, 2.05) is 0 Å². The van der Waals surface area contributed by atoms with Gasteiger partial charge in [-0.3, -0.25) is 19.3 Å². The normalized spacial score (nSPS) is 32.1. The van der Waals surface area contributed by atoms with Gasteiger partial charge in [0.25, 0.3) is 5.91 Å². The van der Waals surface area contributed by atoms with Crippen molar-refractivity contribution in [3.05, 3.63) is 40.2 Å². The van der Waals surface area contributed by atoms with E-state index in [4.69, 9.17) is 5.73 Å². The predicted molar refractivity (Wildman–Crippen MR) is 154 cm³/mol. The number of likely N-dealkylation sites (tertiary alicyclic amines) is 1. The second-order valence-corrected chi connectivity index (χ2v) is 12.2. The number of likely N-dealkylation sites (N-methyl/N-ethyl adjacent to an activating group) is 1. The standard InChI is InChI=1S/C30H40N4O8/c1-5-10-34-11-8-14(9-12-34)32-16-7-6-15-13(2)17-19(24(36)18(15)23(16)35)27(39)30(42)21(25(17)37)22(33(3)4)26(38)20(28(30)40)29(31)41/h6-7,13-14,17,21-22,25,32,35-37,40,42H,5,8-12H2,1-4H3,(H2,31,41)/t13-,17+,21+,22-,25-,30-/m0/s1. The van der Waals surface area contributed by atoms with Gasteiger partial charge in [0.1, 0.15) is 22.8 Å². The number of aliphatic hydroxyl groups is 4. The summed E-state index contributed by atoms with van der Waals surface area (Å²) < 4.78 is 0. The first-order valence-corrected chi connectivity index (χ1v) is 14.4. The van der Waals surface area contributed by atoms with Crippen LogP contribution >= 0.6 is 0 Å². The smallest absolute Gasteiger partial charge is 0.255 e. The maximum atomic E-state index is 14.1. The Bertz CT molecular complexity index is 1400. The molecule has 3 aliphatic carbocycles. The topological polar surface area (TPSA) is 197 Å². The number of primary amides is 1. The Morgan fingerprint density at radius 2 is 1.81 bits per heavy atom. The van der Waals surface area contributed by atoms with E-state index in [9.17, 15) is 39.9 Å². The lowest BCUT2D eigenvalue weighted by atomic mass is 9.54.